The first-order chi connectivity index (χ1) is 8.25. The number of hydrogen-bond donors (Lipinski definition) is 2. The molecular weight excluding hydrogens is 212 g/mol. The summed E-state index contributed by atoms with van der Waals surface area (Å²) in [6.45, 7) is 5.38. The van der Waals surface area contributed by atoms with Crippen LogP contribution in [0, 0.1) is 0 Å². The lowest BCUT2D eigenvalue weighted by atomic mass is 9.94. The highest BCUT2D eigenvalue weighted by Gasteiger charge is 2.28. The molecule has 3 nitrogen and oxygen atoms in total. The molecule has 2 aliphatic heterocycles. The minimum atomic E-state index is -0.00189. The van der Waals surface area contributed by atoms with Gasteiger partial charge in [0.25, 0.3) is 0 Å². The Labute approximate surface area is 103 Å². The molecule has 0 amide bonds. The van der Waals surface area contributed by atoms with Gasteiger partial charge in [-0.3, -0.25) is 0 Å². The number of ether oxygens (including phenoxy) is 1. The lowest BCUT2D eigenvalue weighted by Crippen LogP contribution is -2.43. The van der Waals surface area contributed by atoms with Gasteiger partial charge in [-0.15, -0.1) is 0 Å². The summed E-state index contributed by atoms with van der Waals surface area (Å²) in [6, 6.07) is 6.45. The molecule has 0 spiro atoms. The first-order valence-corrected chi connectivity index (χ1v) is 6.52. The highest BCUT2D eigenvalue weighted by atomic mass is 16.5. The molecule has 0 aromatic heterocycles. The van der Waals surface area contributed by atoms with Crippen LogP contribution in [0.3, 0.4) is 0 Å². The number of nitrogens with one attached hydrogen (secondary N) is 2. The van der Waals surface area contributed by atoms with E-state index in [2.05, 4.69) is 35.8 Å². The van der Waals surface area contributed by atoms with Crippen LogP contribution < -0.4 is 15.4 Å². The number of piperidine rings is 1. The maximum atomic E-state index is 6.19. The first-order valence-electron chi connectivity index (χ1n) is 6.52. The fourth-order valence-corrected chi connectivity index (χ4v) is 2.68. The highest BCUT2D eigenvalue weighted by molar-refractivity contribution is 5.58. The zero-order valence-electron chi connectivity index (χ0n) is 10.4. The summed E-state index contributed by atoms with van der Waals surface area (Å²) in [5.41, 5.74) is 2.66. The van der Waals surface area contributed by atoms with Gasteiger partial charge >= 0.3 is 0 Å². The number of hydrogen-bond acceptors (Lipinski definition) is 3. The third kappa shape index (κ3) is 2.25. The Bertz CT molecular complexity index is 411. The van der Waals surface area contributed by atoms with Crippen LogP contribution in [0.25, 0.3) is 0 Å². The number of rotatable bonds is 2. The van der Waals surface area contributed by atoms with Crippen LogP contribution >= 0.6 is 0 Å². The van der Waals surface area contributed by atoms with Crippen molar-refractivity contribution >= 4 is 5.69 Å². The van der Waals surface area contributed by atoms with Crippen LogP contribution in [0.15, 0.2) is 18.2 Å². The SMILES string of the molecule is CC1(Oc2ccc3c(c2)NCC3)CCNCC1. The normalized spacial score (nSPS) is 21.7. The Hall–Kier alpha value is -1.22. The third-order valence-corrected chi connectivity index (χ3v) is 3.82. The van der Waals surface area contributed by atoms with E-state index in [1.165, 1.54) is 11.3 Å². The predicted molar refractivity (Wildman–Crippen MR) is 69.8 cm³/mol. The van der Waals surface area contributed by atoms with Crippen LogP contribution in [0.1, 0.15) is 25.3 Å². The lowest BCUT2D eigenvalue weighted by molar-refractivity contribution is 0.0557. The summed E-state index contributed by atoms with van der Waals surface area (Å²) < 4.78 is 6.19. The van der Waals surface area contributed by atoms with E-state index >= 15 is 0 Å². The molecule has 1 aromatic rings. The zero-order valence-corrected chi connectivity index (χ0v) is 10.4. The molecule has 2 heterocycles. The molecule has 0 bridgehead atoms. The fourth-order valence-electron chi connectivity index (χ4n) is 2.68. The zero-order chi connectivity index (χ0) is 11.7. The summed E-state index contributed by atoms with van der Waals surface area (Å²) in [5.74, 6) is 1.00. The van der Waals surface area contributed by atoms with Crippen molar-refractivity contribution in [2.24, 2.45) is 0 Å². The van der Waals surface area contributed by atoms with Gasteiger partial charge < -0.3 is 15.4 Å². The van der Waals surface area contributed by atoms with E-state index in [9.17, 15) is 0 Å². The topological polar surface area (TPSA) is 33.3 Å². The van der Waals surface area contributed by atoms with E-state index < -0.39 is 0 Å². The molecular formula is C14H20N2O. The predicted octanol–water partition coefficient (Wildman–Crippen LogP) is 2.18. The molecule has 0 saturated carbocycles. The highest BCUT2D eigenvalue weighted by Crippen LogP contribution is 2.31. The Morgan fingerprint density at radius 3 is 2.82 bits per heavy atom. The second-order valence-electron chi connectivity index (χ2n) is 5.30. The third-order valence-electron chi connectivity index (χ3n) is 3.82. The molecule has 2 N–H and O–H groups in total. The van der Waals surface area contributed by atoms with Crippen molar-refractivity contribution in [3.8, 4) is 5.75 Å². The monoisotopic (exact) mass is 232 g/mol. The maximum Gasteiger partial charge on any atom is 0.122 e. The summed E-state index contributed by atoms with van der Waals surface area (Å²) in [6.07, 6.45) is 3.30. The first kappa shape index (κ1) is 10.9. The smallest absolute Gasteiger partial charge is 0.122 e. The summed E-state index contributed by atoms with van der Waals surface area (Å²) in [4.78, 5) is 0. The lowest BCUT2D eigenvalue weighted by Gasteiger charge is -2.34. The van der Waals surface area contributed by atoms with Gasteiger partial charge in [0.1, 0.15) is 11.4 Å². The standard InChI is InChI=1S/C14H20N2O/c1-14(5-8-15-9-6-14)17-12-3-2-11-4-7-16-13(11)10-12/h2-3,10,15-16H,4-9H2,1H3. The summed E-state index contributed by atoms with van der Waals surface area (Å²) in [5, 5.41) is 6.77. The van der Waals surface area contributed by atoms with Crippen LogP contribution in [0.2, 0.25) is 0 Å². The van der Waals surface area contributed by atoms with E-state index in [0.717, 1.165) is 44.6 Å². The second-order valence-corrected chi connectivity index (χ2v) is 5.30. The molecule has 1 aromatic carbocycles. The van der Waals surface area contributed by atoms with E-state index in [0.29, 0.717) is 0 Å². The van der Waals surface area contributed by atoms with Crippen LogP contribution in [-0.4, -0.2) is 25.2 Å². The Kier molecular flexibility index (Phi) is 2.71. The molecule has 1 saturated heterocycles. The van der Waals surface area contributed by atoms with Gasteiger partial charge in [0.15, 0.2) is 0 Å². The Balaban J connectivity index is 1.76. The minimum Gasteiger partial charge on any atom is -0.487 e. The second kappa shape index (κ2) is 4.22. The van der Waals surface area contributed by atoms with E-state index in [4.69, 9.17) is 4.74 Å². The van der Waals surface area contributed by atoms with Gasteiger partial charge in [0, 0.05) is 18.3 Å². The van der Waals surface area contributed by atoms with Gasteiger partial charge in [-0.25, -0.2) is 0 Å². The maximum absolute atomic E-state index is 6.19. The number of fused-ring (bicyclic) bond motifs is 1. The minimum absolute atomic E-state index is 0.00189. The average molecular weight is 232 g/mol. The van der Waals surface area contributed by atoms with E-state index in [-0.39, 0.29) is 5.60 Å². The van der Waals surface area contributed by atoms with Gasteiger partial charge in [0.05, 0.1) is 0 Å². The molecule has 0 atom stereocenters. The average Bonchev–Trinajstić information content (AvgIpc) is 2.76. The van der Waals surface area contributed by atoms with Crippen LogP contribution in [-0.2, 0) is 6.42 Å². The molecule has 3 rings (SSSR count). The van der Waals surface area contributed by atoms with Crippen LogP contribution in [0.4, 0.5) is 5.69 Å². The van der Waals surface area contributed by atoms with Crippen molar-refractivity contribution in [2.75, 3.05) is 25.0 Å². The van der Waals surface area contributed by atoms with E-state index in [1.54, 1.807) is 0 Å². The largest absolute Gasteiger partial charge is 0.487 e. The molecule has 0 radical (unpaired) electrons. The summed E-state index contributed by atoms with van der Waals surface area (Å²) >= 11 is 0. The summed E-state index contributed by atoms with van der Waals surface area (Å²) in [7, 11) is 0. The molecule has 92 valence electrons. The fraction of sp³-hybridized carbons (Fsp3) is 0.571. The molecule has 0 aliphatic carbocycles. The van der Waals surface area contributed by atoms with Crippen LogP contribution in [0.5, 0.6) is 5.75 Å². The number of anilines is 1. The molecule has 0 unspecified atom stereocenters. The van der Waals surface area contributed by atoms with Crippen molar-refractivity contribution < 1.29 is 4.74 Å². The number of benzene rings is 1. The van der Waals surface area contributed by atoms with Crippen molar-refractivity contribution in [1.29, 1.82) is 0 Å². The molecule has 17 heavy (non-hydrogen) atoms. The van der Waals surface area contributed by atoms with Gasteiger partial charge in [-0.05, 0) is 50.9 Å². The van der Waals surface area contributed by atoms with Crippen molar-refractivity contribution in [3.63, 3.8) is 0 Å². The molecule has 1 fully saturated rings. The van der Waals surface area contributed by atoms with Gasteiger partial charge in [0.2, 0.25) is 0 Å². The molecule has 3 heteroatoms. The van der Waals surface area contributed by atoms with Gasteiger partial charge in [-0.1, -0.05) is 6.07 Å². The Morgan fingerprint density at radius 1 is 1.18 bits per heavy atom. The van der Waals surface area contributed by atoms with Crippen molar-refractivity contribution in [3.05, 3.63) is 23.8 Å². The Morgan fingerprint density at radius 2 is 2.00 bits per heavy atom. The van der Waals surface area contributed by atoms with Gasteiger partial charge in [-0.2, -0.15) is 0 Å². The van der Waals surface area contributed by atoms with E-state index in [1.807, 2.05) is 0 Å². The van der Waals surface area contributed by atoms with Crippen molar-refractivity contribution in [2.45, 2.75) is 31.8 Å². The van der Waals surface area contributed by atoms with Crippen molar-refractivity contribution in [1.82, 2.24) is 5.32 Å². The quantitative estimate of drug-likeness (QED) is 0.820. The molecule has 2 aliphatic rings.